The minimum absolute atomic E-state index is 0.468. The third-order valence-electron chi connectivity index (χ3n) is 3.40. The van der Waals surface area contributed by atoms with Crippen molar-refractivity contribution in [3.8, 4) is 0 Å². The molecule has 1 aliphatic rings. The van der Waals surface area contributed by atoms with E-state index in [1.165, 1.54) is 16.8 Å². The van der Waals surface area contributed by atoms with Crippen LogP contribution in [0.3, 0.4) is 0 Å². The summed E-state index contributed by atoms with van der Waals surface area (Å²) in [5.41, 5.74) is 10.7. The van der Waals surface area contributed by atoms with Crippen LogP contribution in [0, 0.1) is 0 Å². The standard InChI is InChI=1S/C15H16N2/c16-12-5-3-4-11(10-12)13-8-9-17-15-7-2-1-6-14(13)15/h1-7,10,13,17H,8-9,16H2. The zero-order valence-corrected chi connectivity index (χ0v) is 9.69. The van der Waals surface area contributed by atoms with Gasteiger partial charge in [0.25, 0.3) is 0 Å². The molecule has 0 radical (unpaired) electrons. The number of fused-ring (bicyclic) bond motifs is 1. The van der Waals surface area contributed by atoms with Crippen molar-refractivity contribution in [2.24, 2.45) is 0 Å². The van der Waals surface area contributed by atoms with E-state index in [9.17, 15) is 0 Å². The average Bonchev–Trinajstić information content (AvgIpc) is 2.38. The maximum Gasteiger partial charge on any atom is 0.0379 e. The van der Waals surface area contributed by atoms with Crippen LogP contribution in [0.1, 0.15) is 23.5 Å². The van der Waals surface area contributed by atoms with Gasteiger partial charge in [0, 0.05) is 23.8 Å². The quantitative estimate of drug-likeness (QED) is 0.730. The molecule has 0 bridgehead atoms. The molecule has 3 rings (SSSR count). The Morgan fingerprint density at radius 2 is 1.94 bits per heavy atom. The molecule has 1 unspecified atom stereocenters. The summed E-state index contributed by atoms with van der Waals surface area (Å²) >= 11 is 0. The normalized spacial score (nSPS) is 18.2. The number of rotatable bonds is 1. The van der Waals surface area contributed by atoms with Gasteiger partial charge in [-0.2, -0.15) is 0 Å². The second-order valence-corrected chi connectivity index (χ2v) is 4.53. The molecule has 3 N–H and O–H groups in total. The molecule has 2 nitrogen and oxygen atoms in total. The van der Waals surface area contributed by atoms with Gasteiger partial charge >= 0.3 is 0 Å². The van der Waals surface area contributed by atoms with Crippen molar-refractivity contribution in [2.45, 2.75) is 12.3 Å². The average molecular weight is 224 g/mol. The highest BCUT2D eigenvalue weighted by Crippen LogP contribution is 2.36. The Kier molecular flexibility index (Phi) is 2.48. The molecule has 0 aromatic heterocycles. The molecule has 0 saturated heterocycles. The Hall–Kier alpha value is -1.96. The lowest BCUT2D eigenvalue weighted by Crippen LogP contribution is -2.17. The van der Waals surface area contributed by atoms with E-state index in [0.29, 0.717) is 5.92 Å². The number of nitrogens with two attached hydrogens (primary N) is 1. The predicted molar refractivity (Wildman–Crippen MR) is 72.2 cm³/mol. The van der Waals surface area contributed by atoms with E-state index in [1.807, 2.05) is 12.1 Å². The van der Waals surface area contributed by atoms with Crippen molar-refractivity contribution in [3.63, 3.8) is 0 Å². The van der Waals surface area contributed by atoms with Crippen LogP contribution in [0.25, 0.3) is 0 Å². The van der Waals surface area contributed by atoms with Gasteiger partial charge in [-0.15, -0.1) is 0 Å². The second kappa shape index (κ2) is 4.13. The fraction of sp³-hybridized carbons (Fsp3) is 0.200. The Labute approximate surface area is 101 Å². The monoisotopic (exact) mass is 224 g/mol. The van der Waals surface area contributed by atoms with Gasteiger partial charge in [-0.05, 0) is 35.7 Å². The highest BCUT2D eigenvalue weighted by atomic mass is 14.9. The van der Waals surface area contributed by atoms with Crippen molar-refractivity contribution in [1.29, 1.82) is 0 Å². The minimum atomic E-state index is 0.468. The maximum atomic E-state index is 5.87. The summed E-state index contributed by atoms with van der Waals surface area (Å²) in [7, 11) is 0. The molecule has 0 saturated carbocycles. The Morgan fingerprint density at radius 1 is 1.06 bits per heavy atom. The van der Waals surface area contributed by atoms with Gasteiger partial charge in [-0.1, -0.05) is 30.3 Å². The van der Waals surface area contributed by atoms with E-state index < -0.39 is 0 Å². The van der Waals surface area contributed by atoms with E-state index in [4.69, 9.17) is 5.73 Å². The number of hydrogen-bond acceptors (Lipinski definition) is 2. The van der Waals surface area contributed by atoms with Crippen molar-refractivity contribution < 1.29 is 0 Å². The van der Waals surface area contributed by atoms with Crippen LogP contribution in [-0.2, 0) is 0 Å². The number of nitrogens with one attached hydrogen (secondary N) is 1. The lowest BCUT2D eigenvalue weighted by molar-refractivity contribution is 0.720. The summed E-state index contributed by atoms with van der Waals surface area (Å²) in [6.07, 6.45) is 1.13. The first kappa shape index (κ1) is 10.2. The van der Waals surface area contributed by atoms with E-state index in [2.05, 4.69) is 41.7 Å². The van der Waals surface area contributed by atoms with Crippen LogP contribution >= 0.6 is 0 Å². The maximum absolute atomic E-state index is 5.87. The zero-order valence-electron chi connectivity index (χ0n) is 9.69. The van der Waals surface area contributed by atoms with Gasteiger partial charge in [0.05, 0.1) is 0 Å². The van der Waals surface area contributed by atoms with E-state index >= 15 is 0 Å². The van der Waals surface area contributed by atoms with Gasteiger partial charge in [0.2, 0.25) is 0 Å². The fourth-order valence-corrected chi connectivity index (χ4v) is 2.59. The molecule has 2 aromatic rings. The van der Waals surface area contributed by atoms with Crippen LogP contribution in [0.5, 0.6) is 0 Å². The number of para-hydroxylation sites is 1. The molecular formula is C15H16N2. The first-order valence-corrected chi connectivity index (χ1v) is 6.03. The summed E-state index contributed by atoms with van der Waals surface area (Å²) in [5.74, 6) is 0.468. The first-order valence-electron chi connectivity index (χ1n) is 6.03. The zero-order chi connectivity index (χ0) is 11.7. The molecular weight excluding hydrogens is 208 g/mol. The number of hydrogen-bond donors (Lipinski definition) is 2. The van der Waals surface area contributed by atoms with Gasteiger partial charge < -0.3 is 11.1 Å². The van der Waals surface area contributed by atoms with Crippen molar-refractivity contribution in [3.05, 3.63) is 59.7 Å². The second-order valence-electron chi connectivity index (χ2n) is 4.53. The first-order chi connectivity index (χ1) is 8.34. The molecule has 2 heteroatoms. The van der Waals surface area contributed by atoms with Gasteiger partial charge in [0.15, 0.2) is 0 Å². The molecule has 0 amide bonds. The van der Waals surface area contributed by atoms with E-state index in [1.54, 1.807) is 0 Å². The number of anilines is 2. The molecule has 0 spiro atoms. The van der Waals surface area contributed by atoms with Crippen LogP contribution in [-0.4, -0.2) is 6.54 Å². The molecule has 0 aliphatic carbocycles. The SMILES string of the molecule is Nc1cccc(C2CCNc3ccccc32)c1. The predicted octanol–water partition coefficient (Wildman–Crippen LogP) is 3.22. The lowest BCUT2D eigenvalue weighted by atomic mass is 9.85. The summed E-state index contributed by atoms with van der Waals surface area (Å²) in [4.78, 5) is 0. The lowest BCUT2D eigenvalue weighted by Gasteiger charge is -2.27. The van der Waals surface area contributed by atoms with Crippen LogP contribution < -0.4 is 11.1 Å². The highest BCUT2D eigenvalue weighted by molar-refractivity contribution is 5.58. The highest BCUT2D eigenvalue weighted by Gasteiger charge is 2.20. The van der Waals surface area contributed by atoms with Crippen LogP contribution in [0.2, 0.25) is 0 Å². The molecule has 1 heterocycles. The summed E-state index contributed by atoms with van der Waals surface area (Å²) < 4.78 is 0. The van der Waals surface area contributed by atoms with Crippen LogP contribution in [0.15, 0.2) is 48.5 Å². The van der Waals surface area contributed by atoms with E-state index in [-0.39, 0.29) is 0 Å². The van der Waals surface area contributed by atoms with Crippen LogP contribution in [0.4, 0.5) is 11.4 Å². The molecule has 0 fully saturated rings. The summed E-state index contributed by atoms with van der Waals surface area (Å²) in [5, 5.41) is 3.45. The Balaban J connectivity index is 2.06. The molecule has 2 aromatic carbocycles. The summed E-state index contributed by atoms with van der Waals surface area (Å²) in [6.45, 7) is 1.02. The fourth-order valence-electron chi connectivity index (χ4n) is 2.59. The third kappa shape index (κ3) is 1.86. The van der Waals surface area contributed by atoms with Gasteiger partial charge in [-0.25, -0.2) is 0 Å². The summed E-state index contributed by atoms with van der Waals surface area (Å²) in [6, 6.07) is 16.8. The Morgan fingerprint density at radius 3 is 2.82 bits per heavy atom. The van der Waals surface area contributed by atoms with E-state index in [0.717, 1.165) is 18.7 Å². The van der Waals surface area contributed by atoms with Gasteiger partial charge in [-0.3, -0.25) is 0 Å². The molecule has 17 heavy (non-hydrogen) atoms. The topological polar surface area (TPSA) is 38.0 Å². The molecule has 86 valence electrons. The van der Waals surface area contributed by atoms with Crippen molar-refractivity contribution in [2.75, 3.05) is 17.6 Å². The molecule has 1 atom stereocenters. The number of benzene rings is 2. The van der Waals surface area contributed by atoms with Gasteiger partial charge in [0.1, 0.15) is 0 Å². The smallest absolute Gasteiger partial charge is 0.0379 e. The van der Waals surface area contributed by atoms with Crippen molar-refractivity contribution >= 4 is 11.4 Å². The van der Waals surface area contributed by atoms with Crippen molar-refractivity contribution in [1.82, 2.24) is 0 Å². The largest absolute Gasteiger partial charge is 0.399 e. The number of nitrogen functional groups attached to an aromatic ring is 1. The minimum Gasteiger partial charge on any atom is -0.399 e. The Bertz CT molecular complexity index is 534. The molecule has 1 aliphatic heterocycles. The third-order valence-corrected chi connectivity index (χ3v) is 3.40.